The summed E-state index contributed by atoms with van der Waals surface area (Å²) in [6, 6.07) is 0. The number of methoxy groups -OCH3 is 1. The van der Waals surface area contributed by atoms with Gasteiger partial charge in [0.1, 0.15) is 5.60 Å². The Morgan fingerprint density at radius 1 is 1.26 bits per heavy atom. The molecule has 2 fully saturated rings. The Morgan fingerprint density at radius 3 is 2.47 bits per heavy atom. The SMILES string of the molecule is COC1(C(=O)N(C)CC2CCCCC2)CCNCC1. The third-order valence-corrected chi connectivity index (χ3v) is 4.80. The summed E-state index contributed by atoms with van der Waals surface area (Å²) in [5.41, 5.74) is -0.575. The fourth-order valence-electron chi connectivity index (χ4n) is 3.52. The van der Waals surface area contributed by atoms with Gasteiger partial charge in [0, 0.05) is 20.7 Å². The molecule has 4 nitrogen and oxygen atoms in total. The standard InChI is InChI=1S/C15H28N2O2/c1-17(12-13-6-4-3-5-7-13)14(18)15(19-2)8-10-16-11-9-15/h13,16H,3-12H2,1-2H3. The molecule has 1 saturated carbocycles. The van der Waals surface area contributed by atoms with Crippen molar-refractivity contribution in [3.8, 4) is 0 Å². The van der Waals surface area contributed by atoms with Gasteiger partial charge in [0.15, 0.2) is 0 Å². The van der Waals surface area contributed by atoms with Crippen LogP contribution in [0.1, 0.15) is 44.9 Å². The first-order valence-electron chi connectivity index (χ1n) is 7.69. The molecular weight excluding hydrogens is 240 g/mol. The van der Waals surface area contributed by atoms with E-state index in [4.69, 9.17) is 4.74 Å². The number of piperidine rings is 1. The van der Waals surface area contributed by atoms with Gasteiger partial charge < -0.3 is 15.0 Å². The summed E-state index contributed by atoms with van der Waals surface area (Å²) < 4.78 is 5.62. The van der Waals surface area contributed by atoms with Gasteiger partial charge in [0.2, 0.25) is 0 Å². The zero-order valence-corrected chi connectivity index (χ0v) is 12.4. The third kappa shape index (κ3) is 3.48. The predicted molar refractivity (Wildman–Crippen MR) is 76.1 cm³/mol. The summed E-state index contributed by atoms with van der Waals surface area (Å²) in [6.45, 7) is 2.64. The monoisotopic (exact) mass is 268 g/mol. The van der Waals surface area contributed by atoms with Crippen molar-refractivity contribution in [2.75, 3.05) is 33.8 Å². The molecule has 0 radical (unpaired) electrons. The minimum atomic E-state index is -0.575. The molecule has 0 aromatic rings. The molecule has 0 bridgehead atoms. The summed E-state index contributed by atoms with van der Waals surface area (Å²) in [5, 5.41) is 3.30. The van der Waals surface area contributed by atoms with E-state index < -0.39 is 5.60 Å². The molecule has 1 aliphatic carbocycles. The largest absolute Gasteiger partial charge is 0.368 e. The van der Waals surface area contributed by atoms with E-state index in [2.05, 4.69) is 5.32 Å². The minimum absolute atomic E-state index is 0.182. The van der Waals surface area contributed by atoms with Gasteiger partial charge in [-0.05, 0) is 44.7 Å². The first-order valence-corrected chi connectivity index (χ1v) is 7.69. The predicted octanol–water partition coefficient (Wildman–Crippen LogP) is 1.79. The normalized spacial score (nSPS) is 24.1. The lowest BCUT2D eigenvalue weighted by Crippen LogP contribution is -2.55. The quantitative estimate of drug-likeness (QED) is 0.845. The van der Waals surface area contributed by atoms with Crippen LogP contribution in [-0.2, 0) is 9.53 Å². The lowest BCUT2D eigenvalue weighted by Gasteiger charge is -2.39. The first kappa shape index (κ1) is 14.8. The van der Waals surface area contributed by atoms with E-state index in [1.807, 2.05) is 11.9 Å². The van der Waals surface area contributed by atoms with E-state index >= 15 is 0 Å². The van der Waals surface area contributed by atoms with Crippen LogP contribution in [0.4, 0.5) is 0 Å². The van der Waals surface area contributed by atoms with E-state index in [9.17, 15) is 4.79 Å². The second-order valence-electron chi connectivity index (χ2n) is 6.14. The molecule has 0 atom stereocenters. The van der Waals surface area contributed by atoms with Gasteiger partial charge in [-0.15, -0.1) is 0 Å². The summed E-state index contributed by atoms with van der Waals surface area (Å²) >= 11 is 0. The number of amides is 1. The number of carbonyl (C=O) groups excluding carboxylic acids is 1. The molecule has 1 N–H and O–H groups in total. The summed E-state index contributed by atoms with van der Waals surface area (Å²) in [5.74, 6) is 0.875. The lowest BCUT2D eigenvalue weighted by molar-refractivity contribution is -0.157. The van der Waals surface area contributed by atoms with Crippen LogP contribution in [0.2, 0.25) is 0 Å². The van der Waals surface area contributed by atoms with Crippen molar-refractivity contribution in [3.05, 3.63) is 0 Å². The number of hydrogen-bond acceptors (Lipinski definition) is 3. The van der Waals surface area contributed by atoms with Crippen LogP contribution in [0, 0.1) is 5.92 Å². The summed E-state index contributed by atoms with van der Waals surface area (Å²) in [4.78, 5) is 14.6. The summed E-state index contributed by atoms with van der Waals surface area (Å²) in [7, 11) is 3.62. The van der Waals surface area contributed by atoms with Crippen LogP contribution in [0.3, 0.4) is 0 Å². The van der Waals surface area contributed by atoms with E-state index in [0.29, 0.717) is 5.92 Å². The number of nitrogens with zero attached hydrogens (tertiary/aromatic N) is 1. The second kappa shape index (κ2) is 6.71. The van der Waals surface area contributed by atoms with Gasteiger partial charge in [-0.1, -0.05) is 19.3 Å². The third-order valence-electron chi connectivity index (χ3n) is 4.80. The van der Waals surface area contributed by atoms with Gasteiger partial charge >= 0.3 is 0 Å². The smallest absolute Gasteiger partial charge is 0.254 e. The van der Waals surface area contributed by atoms with E-state index in [0.717, 1.165) is 32.5 Å². The van der Waals surface area contributed by atoms with Crippen LogP contribution in [0.15, 0.2) is 0 Å². The Labute approximate surface area is 116 Å². The van der Waals surface area contributed by atoms with Crippen LogP contribution < -0.4 is 5.32 Å². The Morgan fingerprint density at radius 2 is 1.89 bits per heavy atom. The van der Waals surface area contributed by atoms with E-state index in [-0.39, 0.29) is 5.91 Å². The van der Waals surface area contributed by atoms with Gasteiger partial charge in [-0.3, -0.25) is 4.79 Å². The molecule has 110 valence electrons. The van der Waals surface area contributed by atoms with Crippen LogP contribution in [-0.4, -0.2) is 50.2 Å². The van der Waals surface area contributed by atoms with Crippen molar-refractivity contribution in [1.82, 2.24) is 10.2 Å². The highest BCUT2D eigenvalue weighted by Crippen LogP contribution is 2.28. The number of nitrogens with one attached hydrogen (secondary N) is 1. The molecular formula is C15H28N2O2. The van der Waals surface area contributed by atoms with Crippen LogP contribution in [0.25, 0.3) is 0 Å². The molecule has 0 unspecified atom stereocenters. The summed E-state index contributed by atoms with van der Waals surface area (Å²) in [6.07, 6.45) is 8.15. The van der Waals surface area contributed by atoms with Crippen molar-refractivity contribution in [3.63, 3.8) is 0 Å². The molecule has 0 aromatic carbocycles. The average molecular weight is 268 g/mol. The molecule has 1 saturated heterocycles. The van der Waals surface area contributed by atoms with Gasteiger partial charge in [-0.2, -0.15) is 0 Å². The number of likely N-dealkylation sites (N-methyl/N-ethyl adjacent to an activating group) is 1. The lowest BCUT2D eigenvalue weighted by atomic mass is 9.87. The molecule has 1 aliphatic heterocycles. The van der Waals surface area contributed by atoms with Crippen LogP contribution in [0.5, 0.6) is 0 Å². The number of hydrogen-bond donors (Lipinski definition) is 1. The fraction of sp³-hybridized carbons (Fsp3) is 0.933. The Hall–Kier alpha value is -0.610. The van der Waals surface area contributed by atoms with Crippen molar-refractivity contribution < 1.29 is 9.53 Å². The number of rotatable bonds is 4. The maximum absolute atomic E-state index is 12.7. The highest BCUT2D eigenvalue weighted by molar-refractivity contribution is 5.85. The van der Waals surface area contributed by atoms with E-state index in [1.54, 1.807) is 7.11 Å². The van der Waals surface area contributed by atoms with Crippen LogP contribution >= 0.6 is 0 Å². The first-order chi connectivity index (χ1) is 9.18. The van der Waals surface area contributed by atoms with Gasteiger partial charge in [0.05, 0.1) is 0 Å². The van der Waals surface area contributed by atoms with Crippen molar-refractivity contribution in [2.45, 2.75) is 50.5 Å². The maximum Gasteiger partial charge on any atom is 0.254 e. The Balaban J connectivity index is 1.92. The number of carbonyl (C=O) groups is 1. The second-order valence-corrected chi connectivity index (χ2v) is 6.14. The molecule has 0 aromatic heterocycles. The molecule has 0 spiro atoms. The van der Waals surface area contributed by atoms with Gasteiger partial charge in [-0.25, -0.2) is 0 Å². The molecule has 1 heterocycles. The Kier molecular flexibility index (Phi) is 5.22. The zero-order valence-electron chi connectivity index (χ0n) is 12.4. The number of ether oxygens (including phenoxy) is 1. The topological polar surface area (TPSA) is 41.6 Å². The fourth-order valence-corrected chi connectivity index (χ4v) is 3.52. The molecule has 2 aliphatic rings. The van der Waals surface area contributed by atoms with Crippen molar-refractivity contribution >= 4 is 5.91 Å². The molecule has 4 heteroatoms. The zero-order chi connectivity index (χ0) is 13.7. The van der Waals surface area contributed by atoms with E-state index in [1.165, 1.54) is 32.1 Å². The molecule has 1 amide bonds. The van der Waals surface area contributed by atoms with Crippen molar-refractivity contribution in [2.24, 2.45) is 5.92 Å². The highest BCUT2D eigenvalue weighted by Gasteiger charge is 2.41. The molecule has 2 rings (SSSR count). The molecule has 19 heavy (non-hydrogen) atoms. The maximum atomic E-state index is 12.7. The van der Waals surface area contributed by atoms with Crippen molar-refractivity contribution in [1.29, 1.82) is 0 Å². The minimum Gasteiger partial charge on any atom is -0.368 e. The Bertz CT molecular complexity index is 295. The van der Waals surface area contributed by atoms with Gasteiger partial charge in [0.25, 0.3) is 5.91 Å². The average Bonchev–Trinajstić information content (AvgIpc) is 2.48. The highest BCUT2D eigenvalue weighted by atomic mass is 16.5.